The van der Waals surface area contributed by atoms with Gasteiger partial charge in [0.2, 0.25) is 5.91 Å². The maximum Gasteiger partial charge on any atom is 0.237 e. The standard InChI is InChI=1S/C27H33FN8O2/c1-27(2,26(29)37)35-9-7-33(8-10-35)17-18-15-23-31-22(25-19-5-6-30-21(19)4-3-20(25)28)16-24(36(23)32-18)34-11-13-38-14-12-34/h3-6,15-16,30H,7-14,17H2,1-2H3,(H2,29,37). The molecule has 2 fully saturated rings. The Morgan fingerprint density at radius 2 is 1.87 bits per heavy atom. The van der Waals surface area contributed by atoms with Crippen LogP contribution in [0.25, 0.3) is 27.8 Å². The lowest BCUT2D eigenvalue weighted by Crippen LogP contribution is -2.59. The summed E-state index contributed by atoms with van der Waals surface area (Å²) < 4.78 is 22.6. The number of aromatic amines is 1. The molecule has 0 spiro atoms. The molecule has 2 saturated heterocycles. The number of morpholine rings is 1. The number of halogens is 1. The van der Waals surface area contributed by atoms with Crippen molar-refractivity contribution >= 4 is 28.3 Å². The summed E-state index contributed by atoms with van der Waals surface area (Å²) in [6, 6.07) is 9.04. The highest BCUT2D eigenvalue weighted by atomic mass is 19.1. The number of fused-ring (bicyclic) bond motifs is 2. The van der Waals surface area contributed by atoms with Gasteiger partial charge in [0, 0.05) is 80.6 Å². The molecule has 1 aromatic carbocycles. The van der Waals surface area contributed by atoms with Crippen molar-refractivity contribution in [3.8, 4) is 11.3 Å². The van der Waals surface area contributed by atoms with E-state index in [-0.39, 0.29) is 11.7 Å². The van der Waals surface area contributed by atoms with E-state index in [4.69, 9.17) is 20.6 Å². The molecular formula is C27H33FN8O2. The number of nitrogens with zero attached hydrogens (tertiary/aromatic N) is 6. The molecule has 1 amide bonds. The molecule has 0 radical (unpaired) electrons. The third kappa shape index (κ3) is 4.40. The zero-order valence-electron chi connectivity index (χ0n) is 21.8. The molecule has 0 saturated carbocycles. The number of rotatable bonds is 6. The predicted molar refractivity (Wildman–Crippen MR) is 143 cm³/mol. The van der Waals surface area contributed by atoms with Crippen LogP contribution in [0.1, 0.15) is 19.5 Å². The largest absolute Gasteiger partial charge is 0.378 e. The third-order valence-electron chi connectivity index (χ3n) is 7.89. The van der Waals surface area contributed by atoms with Gasteiger partial charge in [-0.15, -0.1) is 0 Å². The van der Waals surface area contributed by atoms with Crippen molar-refractivity contribution in [2.45, 2.75) is 25.9 Å². The van der Waals surface area contributed by atoms with Crippen LogP contribution in [0, 0.1) is 5.82 Å². The van der Waals surface area contributed by atoms with E-state index in [1.807, 2.05) is 42.8 Å². The second-order valence-corrected chi connectivity index (χ2v) is 10.6. The van der Waals surface area contributed by atoms with Gasteiger partial charge in [0.15, 0.2) is 5.65 Å². The van der Waals surface area contributed by atoms with Gasteiger partial charge in [-0.25, -0.2) is 9.37 Å². The highest BCUT2D eigenvalue weighted by Gasteiger charge is 2.34. The van der Waals surface area contributed by atoms with Crippen molar-refractivity contribution in [2.75, 3.05) is 57.4 Å². The SMILES string of the molecule is CC(C)(C(N)=O)N1CCN(Cc2cc3nc(-c4c(F)ccc5[nH]ccc45)cc(N4CCOCC4)n3n2)CC1. The molecule has 38 heavy (non-hydrogen) atoms. The van der Waals surface area contributed by atoms with Crippen molar-refractivity contribution in [3.63, 3.8) is 0 Å². The minimum absolute atomic E-state index is 0.307. The number of nitrogens with one attached hydrogen (secondary N) is 1. The minimum atomic E-state index is -0.667. The number of anilines is 1. The van der Waals surface area contributed by atoms with Crippen LogP contribution in [0.15, 0.2) is 36.5 Å². The molecular weight excluding hydrogens is 487 g/mol. The van der Waals surface area contributed by atoms with Crippen LogP contribution >= 0.6 is 0 Å². The maximum absolute atomic E-state index is 15.2. The van der Waals surface area contributed by atoms with Gasteiger partial charge in [-0.05, 0) is 32.0 Å². The zero-order valence-corrected chi connectivity index (χ0v) is 21.8. The number of hydrogen-bond acceptors (Lipinski definition) is 7. The summed E-state index contributed by atoms with van der Waals surface area (Å²) in [6.07, 6.45) is 1.82. The molecule has 4 aromatic rings. The summed E-state index contributed by atoms with van der Waals surface area (Å²) in [7, 11) is 0. The first-order valence-corrected chi connectivity index (χ1v) is 13.1. The van der Waals surface area contributed by atoms with Crippen LogP contribution in [0.3, 0.4) is 0 Å². The summed E-state index contributed by atoms with van der Waals surface area (Å²) in [6.45, 7) is 10.2. The zero-order chi connectivity index (χ0) is 26.4. The van der Waals surface area contributed by atoms with Gasteiger partial charge in [-0.1, -0.05) is 0 Å². The molecule has 0 atom stereocenters. The fourth-order valence-corrected chi connectivity index (χ4v) is 5.45. The van der Waals surface area contributed by atoms with E-state index in [0.717, 1.165) is 61.7 Å². The normalized spacial score (nSPS) is 18.0. The Labute approximate surface area is 220 Å². The molecule has 2 aliphatic rings. The third-order valence-corrected chi connectivity index (χ3v) is 7.89. The molecule has 200 valence electrons. The highest BCUT2D eigenvalue weighted by molar-refractivity contribution is 5.95. The second-order valence-electron chi connectivity index (χ2n) is 10.6. The molecule has 2 aliphatic heterocycles. The molecule has 0 unspecified atom stereocenters. The Bertz CT molecular complexity index is 1480. The van der Waals surface area contributed by atoms with Gasteiger partial charge < -0.3 is 20.4 Å². The van der Waals surface area contributed by atoms with Gasteiger partial charge in [-0.2, -0.15) is 9.61 Å². The number of piperazine rings is 1. The van der Waals surface area contributed by atoms with E-state index in [1.54, 1.807) is 6.07 Å². The predicted octanol–water partition coefficient (Wildman–Crippen LogP) is 2.23. The van der Waals surface area contributed by atoms with E-state index in [9.17, 15) is 4.79 Å². The molecule has 0 bridgehead atoms. The van der Waals surface area contributed by atoms with Crippen LogP contribution in [-0.2, 0) is 16.1 Å². The van der Waals surface area contributed by atoms with Gasteiger partial charge in [0.05, 0.1) is 30.1 Å². The summed E-state index contributed by atoms with van der Waals surface area (Å²) in [5.74, 6) is 0.258. The van der Waals surface area contributed by atoms with Crippen molar-refractivity contribution in [3.05, 3.63) is 48.0 Å². The quantitative estimate of drug-likeness (QED) is 0.401. The number of carbonyl (C=O) groups excluding carboxylic acids is 1. The van der Waals surface area contributed by atoms with E-state index in [1.165, 1.54) is 6.07 Å². The van der Waals surface area contributed by atoms with Crippen molar-refractivity contribution in [1.82, 2.24) is 29.4 Å². The van der Waals surface area contributed by atoms with E-state index in [2.05, 4.69) is 19.7 Å². The van der Waals surface area contributed by atoms with Crippen molar-refractivity contribution in [1.29, 1.82) is 0 Å². The van der Waals surface area contributed by atoms with Gasteiger partial charge in [0.25, 0.3) is 0 Å². The van der Waals surface area contributed by atoms with Crippen LogP contribution in [0.4, 0.5) is 10.2 Å². The molecule has 0 aliphatic carbocycles. The summed E-state index contributed by atoms with van der Waals surface area (Å²) >= 11 is 0. The lowest BCUT2D eigenvalue weighted by Gasteiger charge is -2.42. The highest BCUT2D eigenvalue weighted by Crippen LogP contribution is 2.33. The first-order chi connectivity index (χ1) is 18.3. The lowest BCUT2D eigenvalue weighted by molar-refractivity contribution is -0.129. The Morgan fingerprint density at radius 3 is 2.61 bits per heavy atom. The fraction of sp³-hybridized carbons (Fsp3) is 0.444. The fourth-order valence-electron chi connectivity index (χ4n) is 5.45. The monoisotopic (exact) mass is 520 g/mol. The molecule has 6 rings (SSSR count). The average molecular weight is 521 g/mol. The summed E-state index contributed by atoms with van der Waals surface area (Å²) in [5.41, 5.74) is 8.45. The number of hydrogen-bond donors (Lipinski definition) is 2. The minimum Gasteiger partial charge on any atom is -0.378 e. The molecule has 11 heteroatoms. The van der Waals surface area contributed by atoms with Gasteiger partial charge >= 0.3 is 0 Å². The van der Waals surface area contributed by atoms with Crippen LogP contribution in [0.5, 0.6) is 0 Å². The number of aromatic nitrogens is 4. The maximum atomic E-state index is 15.2. The number of H-pyrrole nitrogens is 1. The van der Waals surface area contributed by atoms with Crippen LogP contribution in [-0.4, -0.2) is 93.3 Å². The van der Waals surface area contributed by atoms with Gasteiger partial charge in [0.1, 0.15) is 11.6 Å². The topological polar surface area (TPSA) is 108 Å². The first kappa shape index (κ1) is 24.8. The Hall–Kier alpha value is -3.54. The Kier molecular flexibility index (Phi) is 6.29. The Balaban J connectivity index is 1.33. The lowest BCUT2D eigenvalue weighted by atomic mass is 10.0. The number of benzene rings is 1. The van der Waals surface area contributed by atoms with E-state index < -0.39 is 5.54 Å². The number of ether oxygens (including phenoxy) is 1. The van der Waals surface area contributed by atoms with E-state index in [0.29, 0.717) is 36.7 Å². The van der Waals surface area contributed by atoms with Crippen molar-refractivity contribution < 1.29 is 13.9 Å². The molecule has 5 heterocycles. The van der Waals surface area contributed by atoms with E-state index >= 15 is 4.39 Å². The first-order valence-electron chi connectivity index (χ1n) is 13.1. The van der Waals surface area contributed by atoms with Gasteiger partial charge in [-0.3, -0.25) is 14.6 Å². The number of nitrogens with two attached hydrogens (primary N) is 1. The average Bonchev–Trinajstić information content (AvgIpc) is 3.55. The van der Waals surface area contributed by atoms with Crippen LogP contribution < -0.4 is 10.6 Å². The molecule has 10 nitrogen and oxygen atoms in total. The number of primary amides is 1. The number of amides is 1. The van der Waals surface area contributed by atoms with Crippen molar-refractivity contribution in [2.24, 2.45) is 5.73 Å². The smallest absolute Gasteiger partial charge is 0.237 e. The Morgan fingerprint density at radius 1 is 1.11 bits per heavy atom. The molecule has 3 aromatic heterocycles. The summed E-state index contributed by atoms with van der Waals surface area (Å²) in [5, 5.41) is 5.73. The molecule has 3 N–H and O–H groups in total. The van der Waals surface area contributed by atoms with Crippen LogP contribution in [0.2, 0.25) is 0 Å². The second kappa shape index (κ2) is 9.64. The summed E-state index contributed by atoms with van der Waals surface area (Å²) in [4.78, 5) is 26.6. The number of carbonyl (C=O) groups is 1.